The van der Waals surface area contributed by atoms with Gasteiger partial charge in [-0.05, 0) is 44.4 Å². The van der Waals surface area contributed by atoms with Gasteiger partial charge in [-0.2, -0.15) is 0 Å². The lowest BCUT2D eigenvalue weighted by molar-refractivity contribution is -0.131. The summed E-state index contributed by atoms with van der Waals surface area (Å²) in [4.78, 5) is 24.1. The minimum atomic E-state index is -0.0946. The molecule has 150 valence electrons. The number of hydrogen-bond donors (Lipinski definition) is 0. The number of likely N-dealkylation sites (tertiary alicyclic amines) is 1. The molecule has 1 fully saturated rings. The summed E-state index contributed by atoms with van der Waals surface area (Å²) in [6, 6.07) is 9.39. The smallest absolute Gasteiger partial charge is 0.227 e. The second kappa shape index (κ2) is 8.03. The van der Waals surface area contributed by atoms with Gasteiger partial charge in [-0.25, -0.2) is 9.97 Å². The van der Waals surface area contributed by atoms with Crippen LogP contribution in [0.25, 0.3) is 11.3 Å². The van der Waals surface area contributed by atoms with E-state index < -0.39 is 0 Å². The zero-order valence-corrected chi connectivity index (χ0v) is 16.9. The third-order valence-corrected chi connectivity index (χ3v) is 5.24. The molecule has 1 aromatic carbocycles. The van der Waals surface area contributed by atoms with Gasteiger partial charge in [0, 0.05) is 18.8 Å². The van der Waals surface area contributed by atoms with Gasteiger partial charge in [0.1, 0.15) is 11.6 Å². The molecule has 0 bridgehead atoms. The molecule has 4 rings (SSSR count). The maximum Gasteiger partial charge on any atom is 0.227 e. The van der Waals surface area contributed by atoms with Crippen molar-refractivity contribution < 1.29 is 14.1 Å². The topological polar surface area (TPSA) is 81.4 Å². The Labute approximate surface area is 169 Å². The molecule has 3 aromatic rings. The van der Waals surface area contributed by atoms with Crippen molar-refractivity contribution in [3.63, 3.8) is 0 Å². The second-order valence-electron chi connectivity index (χ2n) is 7.32. The molecule has 0 aliphatic carbocycles. The average molecular weight is 392 g/mol. The number of benzene rings is 1. The van der Waals surface area contributed by atoms with Crippen molar-refractivity contribution in [3.05, 3.63) is 59.3 Å². The molecule has 0 spiro atoms. The standard InChI is InChI=1S/C22H24N4O3/c1-14-11-20(29-25-14)18-13-23-15(2)24-22(18)19-5-4-10-26(19)21(27)12-16-6-8-17(28-3)9-7-16/h6-9,11,13,19H,4-5,10,12H2,1-3H3/t19-/m0/s1. The Balaban J connectivity index is 1.61. The summed E-state index contributed by atoms with van der Waals surface area (Å²) in [5.41, 5.74) is 3.39. The van der Waals surface area contributed by atoms with Crippen LogP contribution in [-0.2, 0) is 11.2 Å². The predicted molar refractivity (Wildman–Crippen MR) is 107 cm³/mol. The summed E-state index contributed by atoms with van der Waals surface area (Å²) in [6.45, 7) is 4.46. The van der Waals surface area contributed by atoms with Gasteiger partial charge in [-0.1, -0.05) is 17.3 Å². The molecule has 1 aliphatic rings. The number of carbonyl (C=O) groups excluding carboxylic acids is 1. The fourth-order valence-corrected chi connectivity index (χ4v) is 3.79. The zero-order chi connectivity index (χ0) is 20.4. The minimum Gasteiger partial charge on any atom is -0.497 e. The minimum absolute atomic E-state index is 0.0913. The number of amides is 1. The number of methoxy groups -OCH3 is 1. The van der Waals surface area contributed by atoms with Gasteiger partial charge in [-0.3, -0.25) is 4.79 Å². The number of carbonyl (C=O) groups is 1. The molecule has 3 heterocycles. The Morgan fingerprint density at radius 1 is 1.28 bits per heavy atom. The van der Waals surface area contributed by atoms with Gasteiger partial charge in [0.25, 0.3) is 0 Å². The van der Waals surface area contributed by atoms with Crippen molar-refractivity contribution >= 4 is 5.91 Å². The first kappa shape index (κ1) is 19.1. The van der Waals surface area contributed by atoms with E-state index in [-0.39, 0.29) is 11.9 Å². The van der Waals surface area contributed by atoms with Crippen LogP contribution in [0.1, 0.15) is 41.7 Å². The van der Waals surface area contributed by atoms with Crippen LogP contribution in [0, 0.1) is 13.8 Å². The molecular weight excluding hydrogens is 368 g/mol. The summed E-state index contributed by atoms with van der Waals surface area (Å²) >= 11 is 0. The Kier molecular flexibility index (Phi) is 5.29. The molecule has 0 N–H and O–H groups in total. The summed E-state index contributed by atoms with van der Waals surface area (Å²) in [5.74, 6) is 2.18. The SMILES string of the molecule is COc1ccc(CC(=O)N2CCC[C@H]2c2nc(C)ncc2-c2cc(C)no2)cc1. The van der Waals surface area contributed by atoms with Gasteiger partial charge in [0.2, 0.25) is 5.91 Å². The van der Waals surface area contributed by atoms with E-state index >= 15 is 0 Å². The molecule has 0 radical (unpaired) electrons. The maximum absolute atomic E-state index is 13.1. The van der Waals surface area contributed by atoms with Crippen LogP contribution in [0.4, 0.5) is 0 Å². The highest BCUT2D eigenvalue weighted by Crippen LogP contribution is 2.37. The highest BCUT2D eigenvalue weighted by molar-refractivity contribution is 5.80. The summed E-state index contributed by atoms with van der Waals surface area (Å²) in [7, 11) is 1.63. The summed E-state index contributed by atoms with van der Waals surface area (Å²) in [5, 5.41) is 3.99. The predicted octanol–water partition coefficient (Wildman–Crippen LogP) is 3.66. The fourth-order valence-electron chi connectivity index (χ4n) is 3.79. The molecule has 7 nitrogen and oxygen atoms in total. The number of ether oxygens (including phenoxy) is 1. The lowest BCUT2D eigenvalue weighted by Gasteiger charge is -2.26. The molecule has 29 heavy (non-hydrogen) atoms. The van der Waals surface area contributed by atoms with Crippen LogP contribution in [0.2, 0.25) is 0 Å². The van der Waals surface area contributed by atoms with Crippen molar-refractivity contribution in [1.29, 1.82) is 0 Å². The lowest BCUT2D eigenvalue weighted by atomic mass is 10.0. The molecule has 1 aliphatic heterocycles. The summed E-state index contributed by atoms with van der Waals surface area (Å²) < 4.78 is 10.7. The molecule has 0 unspecified atom stereocenters. The van der Waals surface area contributed by atoms with E-state index in [1.807, 2.05) is 49.1 Å². The van der Waals surface area contributed by atoms with Crippen molar-refractivity contribution in [2.45, 2.75) is 39.2 Å². The van der Waals surface area contributed by atoms with Gasteiger partial charge < -0.3 is 14.2 Å². The maximum atomic E-state index is 13.1. The van der Waals surface area contributed by atoms with Crippen LogP contribution in [0.5, 0.6) is 5.75 Å². The first-order valence-electron chi connectivity index (χ1n) is 9.75. The molecule has 1 amide bonds. The largest absolute Gasteiger partial charge is 0.497 e. The van der Waals surface area contributed by atoms with Crippen molar-refractivity contribution in [3.8, 4) is 17.1 Å². The van der Waals surface area contributed by atoms with E-state index in [1.165, 1.54) is 0 Å². The number of nitrogens with zero attached hydrogens (tertiary/aromatic N) is 4. The van der Waals surface area contributed by atoms with E-state index in [0.29, 0.717) is 18.0 Å². The monoisotopic (exact) mass is 392 g/mol. The number of hydrogen-bond acceptors (Lipinski definition) is 6. The van der Waals surface area contributed by atoms with Gasteiger partial charge in [0.05, 0.1) is 36.5 Å². The lowest BCUT2D eigenvalue weighted by Crippen LogP contribution is -2.32. The number of rotatable bonds is 5. The van der Waals surface area contributed by atoms with E-state index in [1.54, 1.807) is 13.3 Å². The molecule has 2 aromatic heterocycles. The third kappa shape index (κ3) is 3.99. The highest BCUT2D eigenvalue weighted by Gasteiger charge is 2.33. The molecule has 0 saturated carbocycles. The zero-order valence-electron chi connectivity index (χ0n) is 16.9. The van der Waals surface area contributed by atoms with Crippen LogP contribution in [0.15, 0.2) is 41.1 Å². The first-order valence-corrected chi connectivity index (χ1v) is 9.75. The van der Waals surface area contributed by atoms with Crippen LogP contribution >= 0.6 is 0 Å². The van der Waals surface area contributed by atoms with Crippen molar-refractivity contribution in [1.82, 2.24) is 20.0 Å². The van der Waals surface area contributed by atoms with Crippen LogP contribution < -0.4 is 4.74 Å². The number of aromatic nitrogens is 3. The van der Waals surface area contributed by atoms with Crippen molar-refractivity contribution in [2.75, 3.05) is 13.7 Å². The van der Waals surface area contributed by atoms with E-state index in [0.717, 1.165) is 47.7 Å². The van der Waals surface area contributed by atoms with Crippen LogP contribution in [-0.4, -0.2) is 39.6 Å². The normalized spacial score (nSPS) is 16.2. The average Bonchev–Trinajstić information content (AvgIpc) is 3.37. The Morgan fingerprint density at radius 2 is 2.07 bits per heavy atom. The highest BCUT2D eigenvalue weighted by atomic mass is 16.5. The van der Waals surface area contributed by atoms with Gasteiger partial charge in [0.15, 0.2) is 5.76 Å². The fraction of sp³-hybridized carbons (Fsp3) is 0.364. The Morgan fingerprint density at radius 3 is 2.76 bits per heavy atom. The Bertz CT molecular complexity index is 1010. The summed E-state index contributed by atoms with van der Waals surface area (Å²) in [6.07, 6.45) is 3.92. The Hall–Kier alpha value is -3.22. The van der Waals surface area contributed by atoms with Gasteiger partial charge >= 0.3 is 0 Å². The van der Waals surface area contributed by atoms with E-state index in [2.05, 4.69) is 10.1 Å². The van der Waals surface area contributed by atoms with E-state index in [9.17, 15) is 4.79 Å². The van der Waals surface area contributed by atoms with E-state index in [4.69, 9.17) is 14.2 Å². The van der Waals surface area contributed by atoms with Gasteiger partial charge in [-0.15, -0.1) is 0 Å². The van der Waals surface area contributed by atoms with Crippen LogP contribution in [0.3, 0.4) is 0 Å². The van der Waals surface area contributed by atoms with Crippen molar-refractivity contribution in [2.24, 2.45) is 0 Å². The molecular formula is C22H24N4O3. The quantitative estimate of drug-likeness (QED) is 0.659. The molecule has 7 heteroatoms. The molecule has 1 atom stereocenters. The third-order valence-electron chi connectivity index (χ3n) is 5.24. The first-order chi connectivity index (χ1) is 14.0. The second-order valence-corrected chi connectivity index (χ2v) is 7.32. The number of aryl methyl sites for hydroxylation is 2. The molecule has 1 saturated heterocycles.